The zero-order valence-corrected chi connectivity index (χ0v) is 21.9. The highest BCUT2D eigenvalue weighted by Crippen LogP contribution is 2.19. The van der Waals surface area contributed by atoms with E-state index < -0.39 is 0 Å². The van der Waals surface area contributed by atoms with Crippen LogP contribution in [0.2, 0.25) is 0 Å². The number of hydrogen-bond acceptors (Lipinski definition) is 3. The Morgan fingerprint density at radius 1 is 0.972 bits per heavy atom. The second-order valence-electron chi connectivity index (χ2n) is 8.94. The lowest BCUT2D eigenvalue weighted by molar-refractivity contribution is -0.121. The van der Waals surface area contributed by atoms with E-state index in [2.05, 4.69) is 78.0 Å². The van der Waals surface area contributed by atoms with E-state index in [4.69, 9.17) is 0 Å². The van der Waals surface area contributed by atoms with Crippen LogP contribution in [-0.4, -0.2) is 40.8 Å². The zero-order chi connectivity index (χ0) is 25.7. The maximum Gasteiger partial charge on any atom is 0.255 e. The molecule has 36 heavy (non-hydrogen) atoms. The van der Waals surface area contributed by atoms with Gasteiger partial charge in [0, 0.05) is 37.9 Å². The van der Waals surface area contributed by atoms with Crippen molar-refractivity contribution in [3.63, 3.8) is 0 Å². The topological polar surface area (TPSA) is 62.3 Å². The summed E-state index contributed by atoms with van der Waals surface area (Å²) < 4.78 is 0. The number of pyridine rings is 1. The number of rotatable bonds is 16. The molecular weight excluding hydrogens is 446 g/mol. The highest BCUT2D eigenvalue weighted by molar-refractivity contribution is 5.94. The van der Waals surface area contributed by atoms with E-state index in [0.29, 0.717) is 18.5 Å². The molecule has 5 nitrogen and oxygen atoms in total. The van der Waals surface area contributed by atoms with Gasteiger partial charge in [0.25, 0.3) is 5.91 Å². The van der Waals surface area contributed by atoms with Crippen molar-refractivity contribution in [1.82, 2.24) is 15.2 Å². The summed E-state index contributed by atoms with van der Waals surface area (Å²) in [5.74, 6) is 0.0567. The quantitative estimate of drug-likeness (QED) is 0.207. The predicted octanol–water partition coefficient (Wildman–Crippen LogP) is 6.72. The molecule has 0 unspecified atom stereocenters. The summed E-state index contributed by atoms with van der Waals surface area (Å²) in [4.78, 5) is 30.8. The van der Waals surface area contributed by atoms with Gasteiger partial charge >= 0.3 is 0 Å². The van der Waals surface area contributed by atoms with Crippen LogP contribution in [0.1, 0.15) is 81.5 Å². The van der Waals surface area contributed by atoms with Crippen molar-refractivity contribution >= 4 is 11.8 Å². The fourth-order valence-electron chi connectivity index (χ4n) is 4.04. The Morgan fingerprint density at radius 3 is 2.22 bits per heavy atom. The molecule has 1 aliphatic heterocycles. The van der Waals surface area contributed by atoms with Gasteiger partial charge in [-0.1, -0.05) is 67.7 Å². The summed E-state index contributed by atoms with van der Waals surface area (Å²) in [5, 5.41) is 3.02. The van der Waals surface area contributed by atoms with Crippen molar-refractivity contribution in [2.45, 2.75) is 77.2 Å². The van der Waals surface area contributed by atoms with Crippen LogP contribution < -0.4 is 5.32 Å². The van der Waals surface area contributed by atoms with Gasteiger partial charge < -0.3 is 10.2 Å². The lowest BCUT2D eigenvalue weighted by atomic mass is 10.1. The lowest BCUT2D eigenvalue weighted by Crippen LogP contribution is -2.43. The molecule has 2 amide bonds. The van der Waals surface area contributed by atoms with Crippen LogP contribution in [-0.2, 0) is 4.79 Å². The minimum atomic E-state index is -0.00163. The smallest absolute Gasteiger partial charge is 0.255 e. The molecular formula is C31H43N3O2. The standard InChI is InChI=1S/C31H43N3O2/c1-2-3-4-5-6-7-8-9-10-11-12-13-14-15-16-17-18-23-30(35)33-27-29-22-20-25-34(29)31(36)28-21-19-24-32-26-28/h3-4,6-7,9-10,12-13,15-16,19,21,24,26,29H,2,5,8,11,14,17-18,20,22-23,25,27H2,1H3,(H,33,35)/b4-3-,7-6-,10-9-,13-12-,16-15-/t29-/m1/s1. The van der Waals surface area contributed by atoms with Gasteiger partial charge in [-0.25, -0.2) is 0 Å². The molecule has 1 aliphatic rings. The van der Waals surface area contributed by atoms with Crippen LogP contribution in [0.15, 0.2) is 85.3 Å². The molecule has 1 fully saturated rings. The van der Waals surface area contributed by atoms with Gasteiger partial charge in [-0.3, -0.25) is 14.6 Å². The first-order chi connectivity index (χ1) is 17.7. The molecule has 2 rings (SSSR count). The number of carbonyl (C=O) groups excluding carboxylic acids is 2. The second kappa shape index (κ2) is 19.0. The lowest BCUT2D eigenvalue weighted by Gasteiger charge is -2.25. The molecule has 1 atom stereocenters. The van der Waals surface area contributed by atoms with Crippen molar-refractivity contribution in [2.24, 2.45) is 0 Å². The number of nitrogens with zero attached hydrogens (tertiary/aromatic N) is 2. The van der Waals surface area contributed by atoms with Gasteiger partial charge in [0.1, 0.15) is 0 Å². The van der Waals surface area contributed by atoms with Crippen LogP contribution in [0.4, 0.5) is 0 Å². The molecule has 5 heteroatoms. The van der Waals surface area contributed by atoms with Crippen LogP contribution >= 0.6 is 0 Å². The second-order valence-corrected chi connectivity index (χ2v) is 8.94. The zero-order valence-electron chi connectivity index (χ0n) is 21.9. The Morgan fingerprint density at radius 2 is 1.61 bits per heavy atom. The molecule has 2 heterocycles. The van der Waals surface area contributed by atoms with Crippen molar-refractivity contribution in [3.05, 3.63) is 90.9 Å². The maximum atomic E-state index is 12.7. The van der Waals surface area contributed by atoms with E-state index in [0.717, 1.165) is 64.3 Å². The third-order valence-corrected chi connectivity index (χ3v) is 6.01. The molecule has 1 N–H and O–H groups in total. The molecule has 0 bridgehead atoms. The summed E-state index contributed by atoms with van der Waals surface area (Å²) >= 11 is 0. The summed E-state index contributed by atoms with van der Waals surface area (Å²) in [6.45, 7) is 3.40. The van der Waals surface area contributed by atoms with Crippen LogP contribution in [0.25, 0.3) is 0 Å². The third kappa shape index (κ3) is 12.5. The van der Waals surface area contributed by atoms with Gasteiger partial charge in [-0.15, -0.1) is 0 Å². The molecule has 0 saturated carbocycles. The molecule has 1 aromatic rings. The first-order valence-electron chi connectivity index (χ1n) is 13.4. The van der Waals surface area contributed by atoms with Crippen molar-refractivity contribution in [3.8, 4) is 0 Å². The number of nitrogens with one attached hydrogen (secondary N) is 1. The van der Waals surface area contributed by atoms with E-state index in [1.165, 1.54) is 0 Å². The minimum Gasteiger partial charge on any atom is -0.354 e. The van der Waals surface area contributed by atoms with Crippen molar-refractivity contribution in [1.29, 1.82) is 0 Å². The third-order valence-electron chi connectivity index (χ3n) is 6.01. The van der Waals surface area contributed by atoms with E-state index in [1.807, 2.05) is 4.90 Å². The van der Waals surface area contributed by atoms with Gasteiger partial charge in [-0.05, 0) is 69.9 Å². The van der Waals surface area contributed by atoms with Gasteiger partial charge in [0.15, 0.2) is 0 Å². The average molecular weight is 490 g/mol. The Hall–Kier alpha value is -3.21. The number of aromatic nitrogens is 1. The highest BCUT2D eigenvalue weighted by Gasteiger charge is 2.29. The van der Waals surface area contributed by atoms with E-state index in [1.54, 1.807) is 24.5 Å². The van der Waals surface area contributed by atoms with Gasteiger partial charge in [0.05, 0.1) is 5.56 Å². The number of likely N-dealkylation sites (tertiary alicyclic amines) is 1. The molecule has 1 aromatic heterocycles. The number of unbranched alkanes of at least 4 members (excludes halogenated alkanes) is 1. The average Bonchev–Trinajstić information content (AvgIpc) is 3.38. The largest absolute Gasteiger partial charge is 0.354 e. The molecule has 0 spiro atoms. The number of allylic oxidation sites excluding steroid dienone is 10. The van der Waals surface area contributed by atoms with E-state index in [9.17, 15) is 9.59 Å². The highest BCUT2D eigenvalue weighted by atomic mass is 16.2. The summed E-state index contributed by atoms with van der Waals surface area (Å²) in [7, 11) is 0. The van der Waals surface area contributed by atoms with Crippen molar-refractivity contribution < 1.29 is 9.59 Å². The minimum absolute atomic E-state index is 0.00163. The van der Waals surface area contributed by atoms with Crippen LogP contribution in [0, 0.1) is 0 Å². The molecule has 0 radical (unpaired) electrons. The molecule has 0 aliphatic carbocycles. The Kier molecular flexibility index (Phi) is 15.3. The first-order valence-corrected chi connectivity index (χ1v) is 13.4. The fraction of sp³-hybridized carbons (Fsp3) is 0.452. The summed E-state index contributed by atoms with van der Waals surface area (Å²) in [5.41, 5.74) is 0.604. The Bertz CT molecular complexity index is 900. The summed E-state index contributed by atoms with van der Waals surface area (Å²) in [6, 6.07) is 3.63. The summed E-state index contributed by atoms with van der Waals surface area (Å²) in [6.07, 6.45) is 34.3. The number of carbonyl (C=O) groups is 2. The monoisotopic (exact) mass is 489 g/mol. The predicted molar refractivity (Wildman–Crippen MR) is 150 cm³/mol. The molecule has 0 aromatic carbocycles. The molecule has 194 valence electrons. The first kappa shape index (κ1) is 29.0. The SMILES string of the molecule is CC/C=C\C/C=C\C/C=C\C/C=C\C/C=C\CCCC(=O)NC[C@H]1CCCN1C(=O)c1cccnc1. The van der Waals surface area contributed by atoms with E-state index >= 15 is 0 Å². The Labute approximate surface area is 217 Å². The normalized spacial score (nSPS) is 16.5. The maximum absolute atomic E-state index is 12.7. The van der Waals surface area contributed by atoms with Crippen LogP contribution in [0.5, 0.6) is 0 Å². The van der Waals surface area contributed by atoms with Crippen LogP contribution in [0.3, 0.4) is 0 Å². The van der Waals surface area contributed by atoms with Gasteiger partial charge in [0.2, 0.25) is 5.91 Å². The van der Waals surface area contributed by atoms with Crippen molar-refractivity contribution in [2.75, 3.05) is 13.1 Å². The Balaban J connectivity index is 1.50. The molecule has 1 saturated heterocycles. The van der Waals surface area contributed by atoms with Gasteiger partial charge in [-0.2, -0.15) is 0 Å². The number of amides is 2. The fourth-order valence-corrected chi connectivity index (χ4v) is 4.04. The number of hydrogen-bond donors (Lipinski definition) is 1. The van der Waals surface area contributed by atoms with E-state index in [-0.39, 0.29) is 17.9 Å².